The number of fused-ring (bicyclic) bond motifs is 3. The quantitative estimate of drug-likeness (QED) is 0.824. The van der Waals surface area contributed by atoms with Crippen LogP contribution in [0.2, 0.25) is 0 Å². The molecule has 2 aliphatic rings. The third-order valence-corrected chi connectivity index (χ3v) is 6.86. The summed E-state index contributed by atoms with van der Waals surface area (Å²) in [4.78, 5) is 34.5. The van der Waals surface area contributed by atoms with E-state index in [9.17, 15) is 9.59 Å². The number of aryl methyl sites for hydroxylation is 2. The van der Waals surface area contributed by atoms with E-state index in [0.29, 0.717) is 24.6 Å². The van der Waals surface area contributed by atoms with Gasteiger partial charge in [-0.2, -0.15) is 0 Å². The van der Waals surface area contributed by atoms with E-state index in [2.05, 4.69) is 22.2 Å². The Hall–Kier alpha value is -1.73. The van der Waals surface area contributed by atoms with Gasteiger partial charge in [-0.15, -0.1) is 11.3 Å². The molecule has 1 aliphatic heterocycles. The van der Waals surface area contributed by atoms with E-state index >= 15 is 0 Å². The number of nitrogens with zero attached hydrogens (tertiary/aromatic N) is 1. The number of thiophene rings is 1. The summed E-state index contributed by atoms with van der Waals surface area (Å²) in [5, 5.41) is 3.77. The number of carbonyl (C=O) groups excluding carboxylic acids is 1. The predicted molar refractivity (Wildman–Crippen MR) is 106 cm³/mol. The molecule has 2 aromatic heterocycles. The fourth-order valence-corrected chi connectivity index (χ4v) is 5.56. The Kier molecular flexibility index (Phi) is 5.32. The van der Waals surface area contributed by atoms with Crippen LogP contribution in [0.4, 0.5) is 0 Å². The summed E-state index contributed by atoms with van der Waals surface area (Å²) in [6, 6.07) is 0.0144. The summed E-state index contributed by atoms with van der Waals surface area (Å²) in [6.45, 7) is 5.02. The highest BCUT2D eigenvalue weighted by atomic mass is 32.1. The van der Waals surface area contributed by atoms with Crippen molar-refractivity contribution in [1.82, 2.24) is 15.3 Å². The van der Waals surface area contributed by atoms with Crippen molar-refractivity contribution in [3.63, 3.8) is 0 Å². The Morgan fingerprint density at radius 3 is 3.07 bits per heavy atom. The predicted octanol–water partition coefficient (Wildman–Crippen LogP) is 2.73. The normalized spacial score (nSPS) is 23.3. The van der Waals surface area contributed by atoms with Crippen LogP contribution < -0.4 is 10.9 Å². The molecule has 0 saturated carbocycles. The van der Waals surface area contributed by atoms with Crippen LogP contribution in [0.3, 0.4) is 0 Å². The Morgan fingerprint density at radius 2 is 2.30 bits per heavy atom. The lowest BCUT2D eigenvalue weighted by Gasteiger charge is -2.19. The highest BCUT2D eigenvalue weighted by molar-refractivity contribution is 7.18. The van der Waals surface area contributed by atoms with Gasteiger partial charge in [-0.25, -0.2) is 4.98 Å². The van der Waals surface area contributed by atoms with E-state index < -0.39 is 0 Å². The molecule has 1 saturated heterocycles. The van der Waals surface area contributed by atoms with Gasteiger partial charge in [-0.1, -0.05) is 6.92 Å². The number of amides is 1. The number of hydrogen-bond acceptors (Lipinski definition) is 5. The molecule has 4 rings (SSSR count). The highest BCUT2D eigenvalue weighted by Gasteiger charge is 2.24. The molecular weight excluding hydrogens is 362 g/mol. The monoisotopic (exact) mass is 389 g/mol. The van der Waals surface area contributed by atoms with Crippen molar-refractivity contribution in [1.29, 1.82) is 0 Å². The Balaban J connectivity index is 1.43. The van der Waals surface area contributed by atoms with E-state index in [1.165, 1.54) is 10.4 Å². The Bertz CT molecular complexity index is 898. The number of nitrogens with one attached hydrogen (secondary N) is 2. The zero-order valence-electron chi connectivity index (χ0n) is 16.0. The van der Waals surface area contributed by atoms with Crippen LogP contribution in [-0.4, -0.2) is 34.6 Å². The Morgan fingerprint density at radius 1 is 1.44 bits per heavy atom. The van der Waals surface area contributed by atoms with Crippen LogP contribution in [0.1, 0.15) is 55.8 Å². The molecule has 3 atom stereocenters. The first kappa shape index (κ1) is 18.6. The zero-order chi connectivity index (χ0) is 19.0. The van der Waals surface area contributed by atoms with E-state index in [1.807, 2.05) is 6.92 Å². The smallest absolute Gasteiger partial charge is 0.259 e. The van der Waals surface area contributed by atoms with Gasteiger partial charge in [-0.05, 0) is 50.5 Å². The first-order valence-corrected chi connectivity index (χ1v) is 10.8. The van der Waals surface area contributed by atoms with Gasteiger partial charge in [0.1, 0.15) is 10.7 Å². The maximum absolute atomic E-state index is 12.6. The maximum Gasteiger partial charge on any atom is 0.259 e. The minimum absolute atomic E-state index is 0.0144. The molecule has 0 spiro atoms. The summed E-state index contributed by atoms with van der Waals surface area (Å²) in [5.41, 5.74) is 1.13. The fourth-order valence-electron chi connectivity index (χ4n) is 4.16. The van der Waals surface area contributed by atoms with Crippen LogP contribution in [0.25, 0.3) is 10.2 Å². The summed E-state index contributed by atoms with van der Waals surface area (Å²) in [6.07, 6.45) is 6.04. The molecule has 0 bridgehead atoms. The zero-order valence-corrected chi connectivity index (χ0v) is 16.8. The molecular formula is C20H27N3O3S. The topological polar surface area (TPSA) is 84.1 Å². The lowest BCUT2D eigenvalue weighted by molar-refractivity contribution is -0.122. The molecule has 0 unspecified atom stereocenters. The molecule has 1 aliphatic carbocycles. The number of aromatic amines is 1. The lowest BCUT2D eigenvalue weighted by Crippen LogP contribution is -2.40. The van der Waals surface area contributed by atoms with Crippen molar-refractivity contribution in [3.8, 4) is 0 Å². The van der Waals surface area contributed by atoms with Crippen LogP contribution in [-0.2, 0) is 28.8 Å². The van der Waals surface area contributed by atoms with Crippen molar-refractivity contribution < 1.29 is 9.53 Å². The maximum atomic E-state index is 12.6. The molecule has 2 aromatic rings. The lowest BCUT2D eigenvalue weighted by atomic mass is 9.89. The van der Waals surface area contributed by atoms with Gasteiger partial charge in [0.2, 0.25) is 5.91 Å². The van der Waals surface area contributed by atoms with Crippen molar-refractivity contribution in [2.24, 2.45) is 5.92 Å². The summed E-state index contributed by atoms with van der Waals surface area (Å²) in [5.74, 6) is 1.23. The minimum atomic E-state index is -0.0600. The first-order chi connectivity index (χ1) is 13.0. The van der Waals surface area contributed by atoms with Gasteiger partial charge in [0.05, 0.1) is 17.5 Å². The average molecular weight is 390 g/mol. The van der Waals surface area contributed by atoms with Crippen molar-refractivity contribution >= 4 is 27.5 Å². The van der Waals surface area contributed by atoms with E-state index in [0.717, 1.165) is 48.9 Å². The van der Waals surface area contributed by atoms with Crippen LogP contribution in [0.5, 0.6) is 0 Å². The molecule has 2 N–H and O–H groups in total. The number of aromatic nitrogens is 2. The van der Waals surface area contributed by atoms with E-state index in [4.69, 9.17) is 4.74 Å². The number of hydrogen-bond donors (Lipinski definition) is 2. The SMILES string of the molecule is C[C@@H]1CCc2c(sc3nc(CCC(=O)N[C@H](C)[C@@H]4CCCO4)[nH]c(=O)c23)C1. The second kappa shape index (κ2) is 7.72. The molecule has 146 valence electrons. The molecule has 3 heterocycles. The Labute approximate surface area is 162 Å². The van der Waals surface area contributed by atoms with E-state index in [-0.39, 0.29) is 23.6 Å². The number of carbonyl (C=O) groups is 1. The van der Waals surface area contributed by atoms with Gasteiger partial charge >= 0.3 is 0 Å². The van der Waals surface area contributed by atoms with Gasteiger partial charge in [0.25, 0.3) is 5.56 Å². The third-order valence-electron chi connectivity index (χ3n) is 5.71. The van der Waals surface area contributed by atoms with Gasteiger partial charge in [0.15, 0.2) is 0 Å². The molecule has 27 heavy (non-hydrogen) atoms. The molecule has 0 aromatic carbocycles. The van der Waals surface area contributed by atoms with Crippen molar-refractivity contribution in [2.75, 3.05) is 6.61 Å². The summed E-state index contributed by atoms with van der Waals surface area (Å²) in [7, 11) is 0. The second-order valence-electron chi connectivity index (χ2n) is 7.95. The average Bonchev–Trinajstić information content (AvgIpc) is 3.27. The minimum Gasteiger partial charge on any atom is -0.376 e. The fraction of sp³-hybridized carbons (Fsp3) is 0.650. The second-order valence-corrected chi connectivity index (χ2v) is 9.04. The highest BCUT2D eigenvalue weighted by Crippen LogP contribution is 2.35. The van der Waals surface area contributed by atoms with Crippen molar-refractivity contribution in [2.45, 2.75) is 70.9 Å². The number of H-pyrrole nitrogens is 1. The van der Waals surface area contributed by atoms with Crippen molar-refractivity contribution in [3.05, 3.63) is 26.6 Å². The molecule has 0 radical (unpaired) electrons. The van der Waals surface area contributed by atoms with Gasteiger partial charge in [-0.3, -0.25) is 9.59 Å². The molecule has 1 fully saturated rings. The standard InChI is InChI=1S/C20H27N3O3S/c1-11-5-6-13-15(10-11)27-20-18(13)19(25)22-16(23-20)7-8-17(24)21-12(2)14-4-3-9-26-14/h11-12,14H,3-10H2,1-2H3,(H,21,24)(H,22,23,25)/t11-,12-,14+/m1/s1. The molecule has 1 amide bonds. The first-order valence-electron chi connectivity index (χ1n) is 9.95. The van der Waals surface area contributed by atoms with Crippen LogP contribution in [0, 0.1) is 5.92 Å². The number of rotatable bonds is 5. The van der Waals surface area contributed by atoms with Crippen LogP contribution >= 0.6 is 11.3 Å². The summed E-state index contributed by atoms with van der Waals surface area (Å²) >= 11 is 1.65. The van der Waals surface area contributed by atoms with Crippen LogP contribution in [0.15, 0.2) is 4.79 Å². The summed E-state index contributed by atoms with van der Waals surface area (Å²) < 4.78 is 5.62. The van der Waals surface area contributed by atoms with Gasteiger partial charge in [0, 0.05) is 24.3 Å². The van der Waals surface area contributed by atoms with Gasteiger partial charge < -0.3 is 15.0 Å². The molecule has 7 heteroatoms. The largest absolute Gasteiger partial charge is 0.376 e. The van der Waals surface area contributed by atoms with E-state index in [1.54, 1.807) is 11.3 Å². The third kappa shape index (κ3) is 3.94. The molecule has 6 nitrogen and oxygen atoms in total. The number of ether oxygens (including phenoxy) is 1.